The number of benzene rings is 1. The van der Waals surface area contributed by atoms with Gasteiger partial charge in [0.25, 0.3) is 0 Å². The normalized spacial score (nSPS) is 14.2. The van der Waals surface area contributed by atoms with Crippen molar-refractivity contribution in [1.82, 2.24) is 15.1 Å². The maximum absolute atomic E-state index is 4.49. The first-order valence-electron chi connectivity index (χ1n) is 7.29. The molecule has 0 aliphatic rings. The second-order valence-electron chi connectivity index (χ2n) is 5.65. The predicted octanol–water partition coefficient (Wildman–Crippen LogP) is 3.49. The van der Waals surface area contributed by atoms with Crippen LogP contribution in [0.2, 0.25) is 0 Å². The maximum Gasteiger partial charge on any atom is 0.0644 e. The molecule has 2 atom stereocenters. The van der Waals surface area contributed by atoms with E-state index in [-0.39, 0.29) is 0 Å². The Morgan fingerprint density at radius 2 is 1.80 bits per heavy atom. The van der Waals surface area contributed by atoms with Gasteiger partial charge in [0.1, 0.15) is 0 Å². The Balaban J connectivity index is 2.00. The zero-order chi connectivity index (χ0) is 14.7. The van der Waals surface area contributed by atoms with Gasteiger partial charge in [-0.3, -0.25) is 4.68 Å². The molecule has 1 aromatic carbocycles. The molecule has 1 heterocycles. The van der Waals surface area contributed by atoms with E-state index in [1.165, 1.54) is 16.8 Å². The fraction of sp³-hybridized carbons (Fsp3) is 0.471. The van der Waals surface area contributed by atoms with E-state index in [0.29, 0.717) is 12.0 Å². The van der Waals surface area contributed by atoms with Crippen LogP contribution in [0.5, 0.6) is 0 Å². The lowest BCUT2D eigenvalue weighted by atomic mass is 10.00. The second-order valence-corrected chi connectivity index (χ2v) is 5.65. The molecule has 0 bridgehead atoms. The first-order valence-corrected chi connectivity index (χ1v) is 7.29. The molecule has 2 aromatic rings. The van der Waals surface area contributed by atoms with Crippen LogP contribution >= 0.6 is 0 Å². The first-order chi connectivity index (χ1) is 9.50. The van der Waals surface area contributed by atoms with Crippen LogP contribution in [0.1, 0.15) is 48.3 Å². The van der Waals surface area contributed by atoms with E-state index < -0.39 is 0 Å². The summed E-state index contributed by atoms with van der Waals surface area (Å²) >= 11 is 0. The maximum atomic E-state index is 4.49. The van der Waals surface area contributed by atoms with Crippen LogP contribution in [0.4, 0.5) is 0 Å². The number of nitrogens with one attached hydrogen (secondary N) is 1. The third kappa shape index (κ3) is 3.10. The highest BCUT2D eigenvalue weighted by Gasteiger charge is 2.16. The number of rotatable bonds is 5. The van der Waals surface area contributed by atoms with Crippen molar-refractivity contribution in [3.8, 4) is 0 Å². The highest BCUT2D eigenvalue weighted by atomic mass is 15.3. The SMILES string of the molecule is Cc1nn(C)c(C)c1C(C)NCC(C)c1ccccc1. The third-order valence-corrected chi connectivity index (χ3v) is 4.10. The van der Waals surface area contributed by atoms with Gasteiger partial charge in [0.15, 0.2) is 0 Å². The lowest BCUT2D eigenvalue weighted by Gasteiger charge is -2.18. The van der Waals surface area contributed by atoms with Crippen LogP contribution in [0.15, 0.2) is 30.3 Å². The van der Waals surface area contributed by atoms with Crippen LogP contribution in [-0.2, 0) is 7.05 Å². The summed E-state index contributed by atoms with van der Waals surface area (Å²) in [5.41, 5.74) is 5.08. The monoisotopic (exact) mass is 271 g/mol. The zero-order valence-electron chi connectivity index (χ0n) is 13.1. The van der Waals surface area contributed by atoms with Gasteiger partial charge in [-0.2, -0.15) is 5.10 Å². The summed E-state index contributed by atoms with van der Waals surface area (Å²) in [5.74, 6) is 0.510. The summed E-state index contributed by atoms with van der Waals surface area (Å²) in [7, 11) is 2.01. The van der Waals surface area contributed by atoms with E-state index in [2.05, 4.69) is 68.4 Å². The minimum absolute atomic E-state index is 0.329. The molecule has 0 saturated carbocycles. The van der Waals surface area contributed by atoms with Gasteiger partial charge in [-0.05, 0) is 32.3 Å². The summed E-state index contributed by atoms with van der Waals surface area (Å²) < 4.78 is 1.96. The fourth-order valence-corrected chi connectivity index (χ4v) is 2.77. The average molecular weight is 271 g/mol. The Kier molecular flexibility index (Phi) is 4.61. The molecule has 0 amide bonds. The Labute approximate surface area is 122 Å². The molecule has 3 heteroatoms. The van der Waals surface area contributed by atoms with Crippen molar-refractivity contribution in [1.29, 1.82) is 0 Å². The van der Waals surface area contributed by atoms with Crippen molar-refractivity contribution in [3.63, 3.8) is 0 Å². The van der Waals surface area contributed by atoms with Crippen LogP contribution in [0, 0.1) is 13.8 Å². The molecular weight excluding hydrogens is 246 g/mol. The quantitative estimate of drug-likeness (QED) is 0.902. The minimum atomic E-state index is 0.329. The van der Waals surface area contributed by atoms with Gasteiger partial charge in [-0.25, -0.2) is 0 Å². The molecule has 0 aliphatic carbocycles. The number of hydrogen-bond donors (Lipinski definition) is 1. The lowest BCUT2D eigenvalue weighted by molar-refractivity contribution is 0.533. The number of hydrogen-bond acceptors (Lipinski definition) is 2. The Morgan fingerprint density at radius 3 is 2.35 bits per heavy atom. The molecule has 0 radical (unpaired) electrons. The fourth-order valence-electron chi connectivity index (χ4n) is 2.77. The Morgan fingerprint density at radius 1 is 1.15 bits per heavy atom. The smallest absolute Gasteiger partial charge is 0.0644 e. The minimum Gasteiger partial charge on any atom is -0.309 e. The number of nitrogens with zero attached hydrogens (tertiary/aromatic N) is 2. The molecule has 1 N–H and O–H groups in total. The topological polar surface area (TPSA) is 29.9 Å². The van der Waals surface area contributed by atoms with Crippen molar-refractivity contribution in [3.05, 3.63) is 52.8 Å². The standard InChI is InChI=1S/C17H25N3/c1-12(16-9-7-6-8-10-16)11-18-13(2)17-14(3)19-20(5)15(17)4/h6-10,12-13,18H,11H2,1-5H3. The van der Waals surface area contributed by atoms with E-state index in [1.54, 1.807) is 0 Å². The number of aromatic nitrogens is 2. The van der Waals surface area contributed by atoms with Crippen LogP contribution in [0.3, 0.4) is 0 Å². The summed E-state index contributed by atoms with van der Waals surface area (Å²) in [4.78, 5) is 0. The van der Waals surface area contributed by atoms with Gasteiger partial charge < -0.3 is 5.32 Å². The van der Waals surface area contributed by atoms with Crippen molar-refractivity contribution in [2.45, 2.75) is 39.7 Å². The van der Waals surface area contributed by atoms with E-state index in [9.17, 15) is 0 Å². The van der Waals surface area contributed by atoms with Crippen LogP contribution < -0.4 is 5.32 Å². The molecule has 3 nitrogen and oxygen atoms in total. The third-order valence-electron chi connectivity index (χ3n) is 4.10. The lowest BCUT2D eigenvalue weighted by Crippen LogP contribution is -2.24. The predicted molar refractivity (Wildman–Crippen MR) is 84.0 cm³/mol. The van der Waals surface area contributed by atoms with Crippen molar-refractivity contribution >= 4 is 0 Å². The number of aryl methyl sites for hydroxylation is 2. The van der Waals surface area contributed by atoms with Gasteiger partial charge in [-0.1, -0.05) is 37.3 Å². The molecule has 1 aromatic heterocycles. The Hall–Kier alpha value is -1.61. The zero-order valence-corrected chi connectivity index (χ0v) is 13.1. The largest absolute Gasteiger partial charge is 0.309 e. The second kappa shape index (κ2) is 6.23. The van der Waals surface area contributed by atoms with Crippen molar-refractivity contribution < 1.29 is 0 Å². The van der Waals surface area contributed by atoms with E-state index in [0.717, 1.165) is 12.2 Å². The summed E-state index contributed by atoms with van der Waals surface area (Å²) in [6.07, 6.45) is 0. The van der Waals surface area contributed by atoms with Crippen molar-refractivity contribution in [2.75, 3.05) is 6.54 Å². The molecule has 2 unspecified atom stereocenters. The molecule has 20 heavy (non-hydrogen) atoms. The van der Waals surface area contributed by atoms with E-state index in [1.807, 2.05) is 11.7 Å². The summed E-state index contributed by atoms with van der Waals surface area (Å²) in [6.45, 7) is 9.67. The first kappa shape index (κ1) is 14.8. The highest BCUT2D eigenvalue weighted by Crippen LogP contribution is 2.22. The van der Waals surface area contributed by atoms with Gasteiger partial charge in [0.2, 0.25) is 0 Å². The van der Waals surface area contributed by atoms with Gasteiger partial charge in [0, 0.05) is 30.9 Å². The van der Waals surface area contributed by atoms with Gasteiger partial charge >= 0.3 is 0 Å². The summed E-state index contributed by atoms with van der Waals surface area (Å²) in [6, 6.07) is 11.0. The molecule has 0 fully saturated rings. The molecule has 2 rings (SSSR count). The van der Waals surface area contributed by atoms with Gasteiger partial charge in [-0.15, -0.1) is 0 Å². The van der Waals surface area contributed by atoms with Crippen LogP contribution in [0.25, 0.3) is 0 Å². The molecule has 0 aliphatic heterocycles. The molecule has 0 spiro atoms. The van der Waals surface area contributed by atoms with Crippen molar-refractivity contribution in [2.24, 2.45) is 7.05 Å². The average Bonchev–Trinajstić information content (AvgIpc) is 2.70. The van der Waals surface area contributed by atoms with E-state index >= 15 is 0 Å². The summed E-state index contributed by atoms with van der Waals surface area (Å²) in [5, 5.41) is 8.13. The van der Waals surface area contributed by atoms with Crippen LogP contribution in [-0.4, -0.2) is 16.3 Å². The van der Waals surface area contributed by atoms with E-state index in [4.69, 9.17) is 0 Å². The molecular formula is C17H25N3. The molecule has 0 saturated heterocycles. The Bertz CT molecular complexity index is 557. The highest BCUT2D eigenvalue weighted by molar-refractivity contribution is 5.27. The molecule has 108 valence electrons. The van der Waals surface area contributed by atoms with Gasteiger partial charge in [0.05, 0.1) is 5.69 Å².